The number of carboxylic acid groups (broad SMARTS) is 1. The van der Waals surface area contributed by atoms with Gasteiger partial charge in [-0.1, -0.05) is 18.2 Å². The lowest BCUT2D eigenvalue weighted by molar-refractivity contribution is 0.0697. The molecule has 6 heteroatoms. The Kier molecular flexibility index (Phi) is 3.81. The second-order valence-electron chi connectivity index (χ2n) is 2.23. The average Bonchev–Trinajstić information content (AvgIpc) is 2.77. The Morgan fingerprint density at radius 2 is 2.00 bits per heavy atom. The van der Waals surface area contributed by atoms with Crippen LogP contribution in [0.25, 0.3) is 0 Å². The number of rotatable bonds is 1. The molecule has 2 rings (SSSR count). The molecule has 0 saturated carbocycles. The van der Waals surface area contributed by atoms with Gasteiger partial charge in [-0.25, -0.2) is 9.89 Å². The lowest BCUT2D eigenvalue weighted by atomic mass is 10.2. The highest BCUT2D eigenvalue weighted by atomic mass is 16.4. The normalized spacial score (nSPS) is 8.57. The van der Waals surface area contributed by atoms with Crippen LogP contribution in [-0.2, 0) is 0 Å². The van der Waals surface area contributed by atoms with E-state index in [9.17, 15) is 4.79 Å². The van der Waals surface area contributed by atoms with E-state index in [1.165, 1.54) is 6.33 Å². The zero-order valence-corrected chi connectivity index (χ0v) is 7.16. The molecule has 0 radical (unpaired) electrons. The van der Waals surface area contributed by atoms with E-state index in [0.29, 0.717) is 5.56 Å². The number of carbonyl (C=O) groups is 1. The van der Waals surface area contributed by atoms with Crippen molar-refractivity contribution in [3.05, 3.63) is 42.2 Å². The van der Waals surface area contributed by atoms with E-state index in [0.717, 1.165) is 0 Å². The van der Waals surface area contributed by atoms with Crippen molar-refractivity contribution in [1.82, 2.24) is 20.6 Å². The number of nitrogens with zero attached hydrogens (tertiary/aromatic N) is 3. The molecular weight excluding hydrogens is 184 g/mol. The third-order valence-corrected chi connectivity index (χ3v) is 1.29. The molecule has 1 heterocycles. The van der Waals surface area contributed by atoms with E-state index in [2.05, 4.69) is 20.6 Å². The van der Waals surface area contributed by atoms with E-state index in [1.54, 1.807) is 30.3 Å². The van der Waals surface area contributed by atoms with Crippen LogP contribution in [0.3, 0.4) is 0 Å². The molecule has 0 bridgehead atoms. The maximum absolute atomic E-state index is 10.2. The number of aromatic amines is 1. The maximum Gasteiger partial charge on any atom is 0.335 e. The highest BCUT2D eigenvalue weighted by Crippen LogP contribution is 1.96. The topological polar surface area (TPSA) is 91.8 Å². The van der Waals surface area contributed by atoms with E-state index in [-0.39, 0.29) is 0 Å². The highest BCUT2D eigenvalue weighted by Gasteiger charge is 1.96. The first kappa shape index (κ1) is 9.85. The average molecular weight is 192 g/mol. The van der Waals surface area contributed by atoms with Crippen molar-refractivity contribution in [3.8, 4) is 0 Å². The number of hydrogen-bond donors (Lipinski definition) is 2. The molecule has 0 unspecified atom stereocenters. The van der Waals surface area contributed by atoms with Crippen LogP contribution < -0.4 is 0 Å². The number of benzene rings is 1. The minimum absolute atomic E-state index is 0.331. The van der Waals surface area contributed by atoms with Crippen LogP contribution in [0.2, 0.25) is 0 Å². The molecule has 72 valence electrons. The third-order valence-electron chi connectivity index (χ3n) is 1.29. The molecule has 0 spiro atoms. The molecule has 2 aromatic rings. The van der Waals surface area contributed by atoms with Gasteiger partial charge in [0.25, 0.3) is 0 Å². The lowest BCUT2D eigenvalue weighted by Crippen LogP contribution is -1.93. The van der Waals surface area contributed by atoms with Crippen molar-refractivity contribution < 1.29 is 9.90 Å². The summed E-state index contributed by atoms with van der Waals surface area (Å²) in [5.74, 6) is -0.879. The molecule has 0 fully saturated rings. The molecule has 0 amide bonds. The van der Waals surface area contributed by atoms with Gasteiger partial charge in [-0.05, 0) is 22.6 Å². The Labute approximate surface area is 79.6 Å². The number of carboxylic acids is 1. The molecule has 14 heavy (non-hydrogen) atoms. The monoisotopic (exact) mass is 192 g/mol. The van der Waals surface area contributed by atoms with Gasteiger partial charge in [0.05, 0.1) is 5.56 Å². The second-order valence-corrected chi connectivity index (χ2v) is 2.23. The summed E-state index contributed by atoms with van der Waals surface area (Å²) in [6.07, 6.45) is 1.40. The Hall–Kier alpha value is -2.24. The van der Waals surface area contributed by atoms with Crippen molar-refractivity contribution in [2.45, 2.75) is 0 Å². The molecule has 0 aliphatic rings. The van der Waals surface area contributed by atoms with Gasteiger partial charge >= 0.3 is 5.97 Å². The number of nitrogens with one attached hydrogen (secondary N) is 1. The first-order valence-electron chi connectivity index (χ1n) is 3.76. The first-order chi connectivity index (χ1) is 6.80. The number of aromatic carboxylic acids is 1. The number of aromatic nitrogens is 4. The highest BCUT2D eigenvalue weighted by molar-refractivity contribution is 5.87. The van der Waals surface area contributed by atoms with E-state index in [4.69, 9.17) is 5.11 Å². The summed E-state index contributed by atoms with van der Waals surface area (Å²) in [5, 5.41) is 20.5. The Bertz CT molecular complexity index is 343. The van der Waals surface area contributed by atoms with Crippen molar-refractivity contribution >= 4 is 5.97 Å². The van der Waals surface area contributed by atoms with Crippen LogP contribution in [0, 0.1) is 0 Å². The first-order valence-corrected chi connectivity index (χ1v) is 3.76. The summed E-state index contributed by atoms with van der Waals surface area (Å²) < 4.78 is 0. The minimum Gasteiger partial charge on any atom is -0.478 e. The summed E-state index contributed by atoms with van der Waals surface area (Å²) >= 11 is 0. The maximum atomic E-state index is 10.2. The SMILES string of the molecule is O=C(O)c1ccccc1.c1nnn[nH]1. The van der Waals surface area contributed by atoms with E-state index >= 15 is 0 Å². The fourth-order valence-electron chi connectivity index (χ4n) is 0.710. The Morgan fingerprint density at radius 1 is 1.29 bits per heavy atom. The van der Waals surface area contributed by atoms with Crippen molar-refractivity contribution in [2.24, 2.45) is 0 Å². The second kappa shape index (κ2) is 5.41. The smallest absolute Gasteiger partial charge is 0.335 e. The quantitative estimate of drug-likeness (QED) is 0.689. The van der Waals surface area contributed by atoms with Gasteiger partial charge in [-0.2, -0.15) is 0 Å². The molecule has 0 atom stereocenters. The van der Waals surface area contributed by atoms with Crippen LogP contribution in [0.4, 0.5) is 0 Å². The minimum atomic E-state index is -0.879. The lowest BCUT2D eigenvalue weighted by Gasteiger charge is -1.88. The number of H-pyrrole nitrogens is 1. The Balaban J connectivity index is 0.000000165. The molecule has 1 aromatic heterocycles. The molecular formula is C8H8N4O2. The standard InChI is InChI=1S/C7H6O2.CH2N4/c8-7(9)6-4-2-1-3-5-6;1-2-4-5-3-1/h1-5H,(H,8,9);1H,(H,2,3,4,5). The van der Waals surface area contributed by atoms with Crippen LogP contribution in [0.1, 0.15) is 10.4 Å². The zero-order chi connectivity index (χ0) is 10.2. The molecule has 0 aliphatic carbocycles. The van der Waals surface area contributed by atoms with Crippen LogP contribution in [-0.4, -0.2) is 31.7 Å². The van der Waals surface area contributed by atoms with E-state index in [1.807, 2.05) is 0 Å². The Morgan fingerprint density at radius 3 is 2.29 bits per heavy atom. The molecule has 0 saturated heterocycles. The molecule has 6 nitrogen and oxygen atoms in total. The number of tetrazole rings is 1. The predicted molar refractivity (Wildman–Crippen MR) is 47.6 cm³/mol. The summed E-state index contributed by atoms with van der Waals surface area (Å²) in [4.78, 5) is 10.2. The molecule has 2 N–H and O–H groups in total. The summed E-state index contributed by atoms with van der Waals surface area (Å²) in [6.45, 7) is 0. The van der Waals surface area contributed by atoms with Crippen molar-refractivity contribution in [2.75, 3.05) is 0 Å². The summed E-state index contributed by atoms with van der Waals surface area (Å²) in [7, 11) is 0. The predicted octanol–water partition coefficient (Wildman–Crippen LogP) is 0.584. The van der Waals surface area contributed by atoms with Gasteiger partial charge in [-0.3, -0.25) is 0 Å². The van der Waals surface area contributed by atoms with Gasteiger partial charge in [0.1, 0.15) is 6.33 Å². The van der Waals surface area contributed by atoms with Gasteiger partial charge in [0.15, 0.2) is 0 Å². The van der Waals surface area contributed by atoms with E-state index < -0.39 is 5.97 Å². The van der Waals surface area contributed by atoms with Gasteiger partial charge in [0.2, 0.25) is 0 Å². The van der Waals surface area contributed by atoms with Crippen molar-refractivity contribution in [3.63, 3.8) is 0 Å². The molecule has 0 aliphatic heterocycles. The largest absolute Gasteiger partial charge is 0.478 e. The fourth-order valence-corrected chi connectivity index (χ4v) is 0.710. The summed E-state index contributed by atoms with van der Waals surface area (Å²) in [5.41, 5.74) is 0.331. The van der Waals surface area contributed by atoms with Crippen molar-refractivity contribution in [1.29, 1.82) is 0 Å². The van der Waals surface area contributed by atoms with Gasteiger partial charge in [0, 0.05) is 0 Å². The van der Waals surface area contributed by atoms with Crippen LogP contribution >= 0.6 is 0 Å². The summed E-state index contributed by atoms with van der Waals surface area (Å²) in [6, 6.07) is 8.30. The van der Waals surface area contributed by atoms with Gasteiger partial charge < -0.3 is 5.11 Å². The fraction of sp³-hybridized carbons (Fsp3) is 0. The zero-order valence-electron chi connectivity index (χ0n) is 7.16. The van der Waals surface area contributed by atoms with Crippen LogP contribution in [0.15, 0.2) is 36.7 Å². The third kappa shape index (κ3) is 3.44. The van der Waals surface area contributed by atoms with Gasteiger partial charge in [-0.15, -0.1) is 5.10 Å². The van der Waals surface area contributed by atoms with Crippen LogP contribution in [0.5, 0.6) is 0 Å². The number of hydrogen-bond acceptors (Lipinski definition) is 4. The molecule has 1 aromatic carbocycles.